The Morgan fingerprint density at radius 3 is 3.24 bits per heavy atom. The Bertz CT molecular complexity index is 366. The van der Waals surface area contributed by atoms with Crippen molar-refractivity contribution in [2.45, 2.75) is 32.2 Å². The van der Waals surface area contributed by atoms with Crippen LogP contribution >= 0.6 is 0 Å². The number of hydrogen-bond donors (Lipinski definition) is 2. The Kier molecular flexibility index (Phi) is 4.09. The second-order valence-electron chi connectivity index (χ2n) is 4.54. The molecule has 1 saturated heterocycles. The van der Waals surface area contributed by atoms with Gasteiger partial charge in [0.2, 0.25) is 5.91 Å². The van der Waals surface area contributed by atoms with Crippen molar-refractivity contribution in [2.75, 3.05) is 11.9 Å². The van der Waals surface area contributed by atoms with E-state index in [9.17, 15) is 4.79 Å². The lowest BCUT2D eigenvalue weighted by atomic mass is 9.90. The van der Waals surface area contributed by atoms with Crippen molar-refractivity contribution < 1.29 is 4.79 Å². The molecule has 92 valence electrons. The van der Waals surface area contributed by atoms with E-state index in [0.717, 1.165) is 25.1 Å². The first-order valence-electron chi connectivity index (χ1n) is 6.24. The van der Waals surface area contributed by atoms with E-state index in [1.54, 1.807) is 12.4 Å². The number of carbonyl (C=O) groups excluding carboxylic acids is 1. The van der Waals surface area contributed by atoms with Gasteiger partial charge in [0, 0.05) is 6.20 Å². The number of rotatable bonds is 3. The monoisotopic (exact) mass is 233 g/mol. The minimum Gasteiger partial charge on any atom is -0.323 e. The summed E-state index contributed by atoms with van der Waals surface area (Å²) in [7, 11) is 0. The zero-order valence-corrected chi connectivity index (χ0v) is 10.1. The van der Waals surface area contributed by atoms with Crippen molar-refractivity contribution in [1.29, 1.82) is 0 Å². The summed E-state index contributed by atoms with van der Waals surface area (Å²) in [5.74, 6) is 0.719. The van der Waals surface area contributed by atoms with Gasteiger partial charge in [-0.05, 0) is 37.4 Å². The Hall–Kier alpha value is -1.42. The number of aromatic nitrogens is 1. The summed E-state index contributed by atoms with van der Waals surface area (Å²) in [6.07, 6.45) is 6.62. The molecule has 0 bridgehead atoms. The first-order chi connectivity index (χ1) is 8.29. The molecule has 0 spiro atoms. The summed E-state index contributed by atoms with van der Waals surface area (Å²) in [5, 5.41) is 6.16. The van der Waals surface area contributed by atoms with Crippen molar-refractivity contribution in [3.05, 3.63) is 24.5 Å². The zero-order chi connectivity index (χ0) is 12.1. The van der Waals surface area contributed by atoms with Gasteiger partial charge in [-0.3, -0.25) is 9.78 Å². The highest BCUT2D eigenvalue weighted by Crippen LogP contribution is 2.20. The minimum atomic E-state index is -0.0612. The summed E-state index contributed by atoms with van der Waals surface area (Å²) in [4.78, 5) is 16.0. The van der Waals surface area contributed by atoms with E-state index >= 15 is 0 Å². The SMILES string of the molecule is CCC1CCNC(C(=O)Nc2cccnc2)C1. The van der Waals surface area contributed by atoms with E-state index in [1.807, 2.05) is 12.1 Å². The molecule has 0 saturated carbocycles. The zero-order valence-electron chi connectivity index (χ0n) is 10.1. The van der Waals surface area contributed by atoms with Gasteiger partial charge in [-0.15, -0.1) is 0 Å². The molecule has 1 aromatic heterocycles. The maximum Gasteiger partial charge on any atom is 0.241 e. The molecule has 2 N–H and O–H groups in total. The molecule has 4 nitrogen and oxygen atoms in total. The average Bonchev–Trinajstić information content (AvgIpc) is 2.40. The van der Waals surface area contributed by atoms with Crippen molar-refractivity contribution >= 4 is 11.6 Å². The molecule has 2 atom stereocenters. The quantitative estimate of drug-likeness (QED) is 0.837. The second-order valence-corrected chi connectivity index (χ2v) is 4.54. The third-order valence-electron chi connectivity index (χ3n) is 3.34. The highest BCUT2D eigenvalue weighted by Gasteiger charge is 2.25. The maximum atomic E-state index is 12.0. The van der Waals surface area contributed by atoms with Crippen LogP contribution in [0.15, 0.2) is 24.5 Å². The number of anilines is 1. The van der Waals surface area contributed by atoms with Crippen molar-refractivity contribution in [2.24, 2.45) is 5.92 Å². The summed E-state index contributed by atoms with van der Waals surface area (Å²) >= 11 is 0. The van der Waals surface area contributed by atoms with Gasteiger partial charge in [-0.25, -0.2) is 0 Å². The molecule has 1 amide bonds. The lowest BCUT2D eigenvalue weighted by Gasteiger charge is -2.28. The van der Waals surface area contributed by atoms with Crippen LogP contribution in [0.3, 0.4) is 0 Å². The van der Waals surface area contributed by atoms with E-state index in [-0.39, 0.29) is 11.9 Å². The van der Waals surface area contributed by atoms with E-state index in [4.69, 9.17) is 0 Å². The van der Waals surface area contributed by atoms with Gasteiger partial charge in [0.1, 0.15) is 0 Å². The lowest BCUT2D eigenvalue weighted by molar-refractivity contribution is -0.119. The Labute approximate surface area is 102 Å². The molecule has 0 radical (unpaired) electrons. The molecule has 0 aliphatic carbocycles. The number of pyridine rings is 1. The largest absolute Gasteiger partial charge is 0.323 e. The van der Waals surface area contributed by atoms with Gasteiger partial charge >= 0.3 is 0 Å². The van der Waals surface area contributed by atoms with Crippen LogP contribution in [0, 0.1) is 5.92 Å². The number of amides is 1. The third-order valence-corrected chi connectivity index (χ3v) is 3.34. The van der Waals surface area contributed by atoms with Crippen LogP contribution in [-0.4, -0.2) is 23.5 Å². The number of nitrogens with zero attached hydrogens (tertiary/aromatic N) is 1. The topological polar surface area (TPSA) is 54.0 Å². The molecular weight excluding hydrogens is 214 g/mol. The van der Waals surface area contributed by atoms with Gasteiger partial charge < -0.3 is 10.6 Å². The van der Waals surface area contributed by atoms with Crippen molar-refractivity contribution in [1.82, 2.24) is 10.3 Å². The smallest absolute Gasteiger partial charge is 0.241 e. The third kappa shape index (κ3) is 3.27. The maximum absolute atomic E-state index is 12.0. The molecule has 1 aromatic rings. The average molecular weight is 233 g/mol. The normalized spacial score (nSPS) is 24.3. The fourth-order valence-corrected chi connectivity index (χ4v) is 2.23. The molecule has 1 fully saturated rings. The predicted molar refractivity (Wildman–Crippen MR) is 67.7 cm³/mol. The summed E-state index contributed by atoms with van der Waals surface area (Å²) in [6, 6.07) is 3.61. The Morgan fingerprint density at radius 2 is 2.53 bits per heavy atom. The molecular formula is C13H19N3O. The fraction of sp³-hybridized carbons (Fsp3) is 0.538. The molecule has 4 heteroatoms. The fourth-order valence-electron chi connectivity index (χ4n) is 2.23. The second kappa shape index (κ2) is 5.77. The van der Waals surface area contributed by atoms with Crippen molar-refractivity contribution in [3.8, 4) is 0 Å². The van der Waals surface area contributed by atoms with Gasteiger partial charge in [-0.2, -0.15) is 0 Å². The Balaban J connectivity index is 1.91. The van der Waals surface area contributed by atoms with Crippen LogP contribution in [0.2, 0.25) is 0 Å². The number of hydrogen-bond acceptors (Lipinski definition) is 3. The van der Waals surface area contributed by atoms with Crippen molar-refractivity contribution in [3.63, 3.8) is 0 Å². The van der Waals surface area contributed by atoms with Crippen LogP contribution in [0.4, 0.5) is 5.69 Å². The van der Waals surface area contributed by atoms with Gasteiger partial charge in [0.15, 0.2) is 0 Å². The predicted octanol–water partition coefficient (Wildman–Crippen LogP) is 1.80. The standard InChI is InChI=1S/C13H19N3O/c1-2-10-5-7-15-12(8-10)13(17)16-11-4-3-6-14-9-11/h3-4,6,9-10,12,15H,2,5,7-8H2,1H3,(H,16,17). The molecule has 2 unspecified atom stereocenters. The number of piperidine rings is 1. The molecule has 2 heterocycles. The highest BCUT2D eigenvalue weighted by atomic mass is 16.2. The molecule has 1 aliphatic rings. The molecule has 1 aliphatic heterocycles. The van der Waals surface area contributed by atoms with Gasteiger partial charge in [0.05, 0.1) is 17.9 Å². The highest BCUT2D eigenvalue weighted by molar-refractivity contribution is 5.94. The van der Waals surface area contributed by atoms with Crippen LogP contribution in [0.25, 0.3) is 0 Å². The molecule has 17 heavy (non-hydrogen) atoms. The summed E-state index contributed by atoms with van der Waals surface area (Å²) in [6.45, 7) is 3.12. The lowest BCUT2D eigenvalue weighted by Crippen LogP contribution is -2.46. The van der Waals surface area contributed by atoms with Crippen LogP contribution in [0.1, 0.15) is 26.2 Å². The molecule has 2 rings (SSSR count). The molecule has 0 aromatic carbocycles. The first kappa shape index (κ1) is 12.0. The summed E-state index contributed by atoms with van der Waals surface area (Å²) < 4.78 is 0. The van der Waals surface area contributed by atoms with Crippen LogP contribution < -0.4 is 10.6 Å². The van der Waals surface area contributed by atoms with Crippen LogP contribution in [-0.2, 0) is 4.79 Å². The summed E-state index contributed by atoms with van der Waals surface area (Å²) in [5.41, 5.74) is 0.762. The Morgan fingerprint density at radius 1 is 1.65 bits per heavy atom. The van der Waals surface area contributed by atoms with E-state index in [2.05, 4.69) is 22.5 Å². The number of carbonyl (C=O) groups is 1. The van der Waals surface area contributed by atoms with Gasteiger partial charge in [-0.1, -0.05) is 13.3 Å². The van der Waals surface area contributed by atoms with E-state index in [0.29, 0.717) is 5.92 Å². The van der Waals surface area contributed by atoms with E-state index in [1.165, 1.54) is 6.42 Å². The number of nitrogens with one attached hydrogen (secondary N) is 2. The van der Waals surface area contributed by atoms with Gasteiger partial charge in [0.25, 0.3) is 0 Å². The minimum absolute atomic E-state index is 0.0520. The van der Waals surface area contributed by atoms with E-state index < -0.39 is 0 Å². The first-order valence-corrected chi connectivity index (χ1v) is 6.24. The van der Waals surface area contributed by atoms with Crippen LogP contribution in [0.5, 0.6) is 0 Å².